The topological polar surface area (TPSA) is 50.4 Å². The fourth-order valence-corrected chi connectivity index (χ4v) is 1.99. The molecule has 0 saturated carbocycles. The zero-order valence-electron chi connectivity index (χ0n) is 7.51. The predicted octanol–water partition coefficient (Wildman–Crippen LogP) is 1.62. The van der Waals surface area contributed by atoms with Crippen molar-refractivity contribution in [2.75, 3.05) is 0 Å². The zero-order valence-corrected chi connectivity index (χ0v) is 7.51. The Hall–Kier alpha value is -1.84. The standard InChI is InChI=1S/C10H9N3O/c14-12-8-4-5-13-6-11-9-3-1-2-7(8)10(9)13/h1-3,6,14H,4-5H2. The minimum absolute atomic E-state index is 0.753. The van der Waals surface area contributed by atoms with Gasteiger partial charge in [0, 0.05) is 18.5 Å². The average molecular weight is 187 g/mol. The van der Waals surface area contributed by atoms with E-state index in [4.69, 9.17) is 5.21 Å². The lowest BCUT2D eigenvalue weighted by Gasteiger charge is -2.15. The van der Waals surface area contributed by atoms with Crippen LogP contribution in [0.1, 0.15) is 12.0 Å². The maximum absolute atomic E-state index is 8.86. The predicted molar refractivity (Wildman–Crippen MR) is 52.7 cm³/mol. The molecule has 0 bridgehead atoms. The second-order valence-electron chi connectivity index (χ2n) is 3.41. The molecular weight excluding hydrogens is 178 g/mol. The molecule has 2 heterocycles. The van der Waals surface area contributed by atoms with Crippen molar-refractivity contribution in [1.82, 2.24) is 9.55 Å². The van der Waals surface area contributed by atoms with E-state index in [-0.39, 0.29) is 0 Å². The molecule has 3 rings (SSSR count). The first-order chi connectivity index (χ1) is 6.90. The average Bonchev–Trinajstić information content (AvgIpc) is 2.65. The Morgan fingerprint density at radius 3 is 3.21 bits per heavy atom. The summed E-state index contributed by atoms with van der Waals surface area (Å²) in [5.41, 5.74) is 3.78. The number of rotatable bonds is 0. The van der Waals surface area contributed by atoms with Crippen molar-refractivity contribution in [1.29, 1.82) is 0 Å². The van der Waals surface area contributed by atoms with E-state index in [2.05, 4.69) is 14.7 Å². The van der Waals surface area contributed by atoms with Crippen LogP contribution >= 0.6 is 0 Å². The number of hydrogen-bond acceptors (Lipinski definition) is 3. The van der Waals surface area contributed by atoms with Gasteiger partial charge in [-0.1, -0.05) is 17.3 Å². The van der Waals surface area contributed by atoms with Crippen LogP contribution < -0.4 is 0 Å². The first kappa shape index (κ1) is 7.55. The molecule has 0 radical (unpaired) electrons. The SMILES string of the molecule is ON=C1CCn2cnc3cccc1c32. The van der Waals surface area contributed by atoms with Crippen LogP contribution in [0.2, 0.25) is 0 Å². The van der Waals surface area contributed by atoms with Gasteiger partial charge in [0.05, 0.1) is 23.1 Å². The summed E-state index contributed by atoms with van der Waals surface area (Å²) in [5.74, 6) is 0. The molecule has 0 saturated heterocycles. The van der Waals surface area contributed by atoms with E-state index >= 15 is 0 Å². The van der Waals surface area contributed by atoms with Gasteiger partial charge in [0.1, 0.15) is 0 Å². The van der Waals surface area contributed by atoms with Crippen LogP contribution in [0.25, 0.3) is 11.0 Å². The fraction of sp³-hybridized carbons (Fsp3) is 0.200. The Kier molecular flexibility index (Phi) is 1.39. The van der Waals surface area contributed by atoms with Gasteiger partial charge in [-0.2, -0.15) is 0 Å². The Labute approximate surface area is 80.5 Å². The first-order valence-electron chi connectivity index (χ1n) is 4.55. The second-order valence-corrected chi connectivity index (χ2v) is 3.41. The highest BCUT2D eigenvalue weighted by molar-refractivity contribution is 6.10. The van der Waals surface area contributed by atoms with Crippen molar-refractivity contribution >= 4 is 16.7 Å². The first-order valence-corrected chi connectivity index (χ1v) is 4.55. The number of imidazole rings is 1. The van der Waals surface area contributed by atoms with Crippen LogP contribution in [-0.2, 0) is 6.54 Å². The number of hydrogen-bond donors (Lipinski definition) is 1. The van der Waals surface area contributed by atoms with Gasteiger partial charge in [-0.25, -0.2) is 4.98 Å². The highest BCUT2D eigenvalue weighted by Gasteiger charge is 2.17. The number of oxime groups is 1. The molecule has 4 heteroatoms. The molecule has 0 aliphatic carbocycles. The fourth-order valence-electron chi connectivity index (χ4n) is 1.99. The van der Waals surface area contributed by atoms with Gasteiger partial charge < -0.3 is 9.77 Å². The minimum atomic E-state index is 0.753. The molecule has 0 amide bonds. The van der Waals surface area contributed by atoms with E-state index in [1.807, 2.05) is 24.5 Å². The number of aryl methyl sites for hydroxylation is 1. The van der Waals surface area contributed by atoms with Gasteiger partial charge in [-0.15, -0.1) is 0 Å². The van der Waals surface area contributed by atoms with Crippen LogP contribution in [0.4, 0.5) is 0 Å². The van der Waals surface area contributed by atoms with E-state index in [1.54, 1.807) is 0 Å². The molecule has 0 spiro atoms. The van der Waals surface area contributed by atoms with Crippen LogP contribution in [0, 0.1) is 0 Å². The minimum Gasteiger partial charge on any atom is -0.411 e. The number of nitrogens with zero attached hydrogens (tertiary/aromatic N) is 3. The van der Waals surface area contributed by atoms with Gasteiger partial charge >= 0.3 is 0 Å². The molecular formula is C10H9N3O. The summed E-state index contributed by atoms with van der Waals surface area (Å²) in [6.07, 6.45) is 2.60. The third-order valence-electron chi connectivity index (χ3n) is 2.66. The lowest BCUT2D eigenvalue weighted by molar-refractivity contribution is 0.317. The van der Waals surface area contributed by atoms with Crippen molar-refractivity contribution in [2.45, 2.75) is 13.0 Å². The molecule has 1 N–H and O–H groups in total. The Morgan fingerprint density at radius 1 is 1.43 bits per heavy atom. The largest absolute Gasteiger partial charge is 0.411 e. The van der Waals surface area contributed by atoms with E-state index in [0.717, 1.165) is 35.3 Å². The smallest absolute Gasteiger partial charge is 0.0958 e. The molecule has 1 aliphatic heterocycles. The quantitative estimate of drug-likeness (QED) is 0.503. The van der Waals surface area contributed by atoms with E-state index < -0.39 is 0 Å². The van der Waals surface area contributed by atoms with Crippen molar-refractivity contribution in [3.63, 3.8) is 0 Å². The molecule has 1 aromatic heterocycles. The van der Waals surface area contributed by atoms with Gasteiger partial charge in [0.25, 0.3) is 0 Å². The second kappa shape index (κ2) is 2.57. The third kappa shape index (κ3) is 0.824. The maximum Gasteiger partial charge on any atom is 0.0958 e. The summed E-state index contributed by atoms with van der Waals surface area (Å²) in [6.45, 7) is 0.840. The summed E-state index contributed by atoms with van der Waals surface area (Å²) in [4.78, 5) is 4.29. The molecule has 0 unspecified atom stereocenters. The normalized spacial score (nSPS) is 17.9. The Bertz CT molecular complexity index is 527. The van der Waals surface area contributed by atoms with Crippen molar-refractivity contribution in [3.8, 4) is 0 Å². The van der Waals surface area contributed by atoms with Gasteiger partial charge in [0.2, 0.25) is 0 Å². The molecule has 1 aromatic carbocycles. The lowest BCUT2D eigenvalue weighted by Crippen LogP contribution is -2.14. The molecule has 4 nitrogen and oxygen atoms in total. The monoisotopic (exact) mass is 187 g/mol. The van der Waals surface area contributed by atoms with Crippen molar-refractivity contribution < 1.29 is 5.21 Å². The number of para-hydroxylation sites is 1. The summed E-state index contributed by atoms with van der Waals surface area (Å²) < 4.78 is 2.10. The van der Waals surface area contributed by atoms with Gasteiger partial charge in [-0.3, -0.25) is 0 Å². The summed E-state index contributed by atoms with van der Waals surface area (Å²) in [5, 5.41) is 12.2. The lowest BCUT2D eigenvalue weighted by atomic mass is 10.0. The summed E-state index contributed by atoms with van der Waals surface area (Å²) >= 11 is 0. The highest BCUT2D eigenvalue weighted by Crippen LogP contribution is 2.24. The summed E-state index contributed by atoms with van der Waals surface area (Å²) in [6, 6.07) is 5.87. The molecule has 14 heavy (non-hydrogen) atoms. The van der Waals surface area contributed by atoms with Gasteiger partial charge in [-0.05, 0) is 6.07 Å². The molecule has 0 atom stereocenters. The number of aromatic nitrogens is 2. The molecule has 0 fully saturated rings. The van der Waals surface area contributed by atoms with E-state index in [9.17, 15) is 0 Å². The Morgan fingerprint density at radius 2 is 2.36 bits per heavy atom. The highest BCUT2D eigenvalue weighted by atomic mass is 16.4. The Balaban J connectivity index is 2.45. The van der Waals surface area contributed by atoms with Crippen LogP contribution in [-0.4, -0.2) is 20.5 Å². The number of benzene rings is 1. The summed E-state index contributed by atoms with van der Waals surface area (Å²) in [7, 11) is 0. The zero-order chi connectivity index (χ0) is 9.54. The van der Waals surface area contributed by atoms with Crippen LogP contribution in [0.15, 0.2) is 29.7 Å². The van der Waals surface area contributed by atoms with Crippen LogP contribution in [0.3, 0.4) is 0 Å². The third-order valence-corrected chi connectivity index (χ3v) is 2.66. The van der Waals surface area contributed by atoms with Crippen molar-refractivity contribution in [2.24, 2.45) is 5.16 Å². The maximum atomic E-state index is 8.86. The molecule has 1 aliphatic rings. The van der Waals surface area contributed by atoms with E-state index in [0.29, 0.717) is 0 Å². The molecule has 2 aromatic rings. The van der Waals surface area contributed by atoms with E-state index in [1.165, 1.54) is 0 Å². The molecule has 70 valence electrons. The van der Waals surface area contributed by atoms with Crippen LogP contribution in [0.5, 0.6) is 0 Å². The van der Waals surface area contributed by atoms with Gasteiger partial charge in [0.15, 0.2) is 0 Å². The van der Waals surface area contributed by atoms with Crippen molar-refractivity contribution in [3.05, 3.63) is 30.1 Å².